The molecule has 4 nitrogen and oxygen atoms in total. The Morgan fingerprint density at radius 3 is 2.92 bits per heavy atom. The number of nitrogen functional groups attached to an aromatic ring is 1. The Morgan fingerprint density at radius 1 is 1.50 bits per heavy atom. The van der Waals surface area contributed by atoms with Gasteiger partial charge < -0.3 is 11.1 Å². The van der Waals surface area contributed by atoms with Crippen molar-refractivity contribution in [1.29, 1.82) is 0 Å². The molecule has 1 aliphatic rings. The quantitative estimate of drug-likeness (QED) is 0.711. The highest BCUT2D eigenvalue weighted by Gasteiger charge is 2.19. The molecule has 1 aromatic rings. The fourth-order valence-electron chi connectivity index (χ4n) is 1.04. The van der Waals surface area contributed by atoms with Gasteiger partial charge in [0.25, 0.3) is 0 Å². The second-order valence-electron chi connectivity index (χ2n) is 3.01. The lowest BCUT2D eigenvalue weighted by Crippen LogP contribution is -2.19. The van der Waals surface area contributed by atoms with Crippen molar-refractivity contribution in [3.63, 3.8) is 0 Å². The third-order valence-corrected chi connectivity index (χ3v) is 2.64. The highest BCUT2D eigenvalue weighted by Crippen LogP contribution is 2.18. The van der Waals surface area contributed by atoms with E-state index in [1.54, 1.807) is 0 Å². The summed E-state index contributed by atoms with van der Waals surface area (Å²) in [6, 6.07) is 0.773. The normalized spacial score (nSPS) is 16.7. The smallest absolute Gasteiger partial charge is 0.203 e. The van der Waals surface area contributed by atoms with Crippen LogP contribution in [-0.4, -0.2) is 22.8 Å². The summed E-state index contributed by atoms with van der Waals surface area (Å²) in [5.41, 5.74) is 5.45. The van der Waals surface area contributed by atoms with Crippen molar-refractivity contribution in [2.75, 3.05) is 12.3 Å². The van der Waals surface area contributed by atoms with Crippen LogP contribution < -0.4 is 11.1 Å². The number of anilines is 1. The lowest BCUT2D eigenvalue weighted by atomic mass is 10.4. The van der Waals surface area contributed by atoms with Crippen molar-refractivity contribution in [3.05, 3.63) is 5.01 Å². The fraction of sp³-hybridized carbons (Fsp3) is 0.714. The van der Waals surface area contributed by atoms with Crippen LogP contribution in [0.4, 0.5) is 5.13 Å². The van der Waals surface area contributed by atoms with Crippen LogP contribution >= 0.6 is 11.3 Å². The summed E-state index contributed by atoms with van der Waals surface area (Å²) in [5, 5.41) is 12.7. The summed E-state index contributed by atoms with van der Waals surface area (Å²) in [7, 11) is 0. The van der Waals surface area contributed by atoms with Gasteiger partial charge in [-0.05, 0) is 12.8 Å². The zero-order chi connectivity index (χ0) is 8.39. The predicted molar refractivity (Wildman–Crippen MR) is 49.1 cm³/mol. The first-order chi connectivity index (χ1) is 5.84. The van der Waals surface area contributed by atoms with Crippen LogP contribution in [0.15, 0.2) is 0 Å². The maximum absolute atomic E-state index is 5.45. The first kappa shape index (κ1) is 7.94. The molecule has 0 radical (unpaired) electrons. The van der Waals surface area contributed by atoms with Crippen molar-refractivity contribution < 1.29 is 0 Å². The van der Waals surface area contributed by atoms with Crippen molar-refractivity contribution in [2.45, 2.75) is 25.3 Å². The molecule has 1 aromatic heterocycles. The van der Waals surface area contributed by atoms with Crippen molar-refractivity contribution in [1.82, 2.24) is 15.5 Å². The van der Waals surface area contributed by atoms with E-state index in [2.05, 4.69) is 15.5 Å². The van der Waals surface area contributed by atoms with E-state index < -0.39 is 0 Å². The Morgan fingerprint density at radius 2 is 2.33 bits per heavy atom. The Balaban J connectivity index is 1.71. The molecule has 0 saturated heterocycles. The van der Waals surface area contributed by atoms with E-state index in [0.29, 0.717) is 5.13 Å². The molecule has 0 atom stereocenters. The van der Waals surface area contributed by atoms with Gasteiger partial charge in [0.2, 0.25) is 5.13 Å². The molecule has 0 bridgehead atoms. The van der Waals surface area contributed by atoms with E-state index in [4.69, 9.17) is 5.73 Å². The molecule has 0 aromatic carbocycles. The number of aromatic nitrogens is 2. The van der Waals surface area contributed by atoms with Gasteiger partial charge in [-0.25, -0.2) is 0 Å². The zero-order valence-corrected chi connectivity index (χ0v) is 7.60. The average Bonchev–Trinajstić information content (AvgIpc) is 2.76. The highest BCUT2D eigenvalue weighted by atomic mass is 32.1. The Kier molecular flexibility index (Phi) is 2.23. The van der Waals surface area contributed by atoms with Crippen LogP contribution in [0.2, 0.25) is 0 Å². The maximum atomic E-state index is 5.45. The number of nitrogens with one attached hydrogen (secondary N) is 1. The van der Waals surface area contributed by atoms with Crippen LogP contribution in [-0.2, 0) is 6.42 Å². The molecule has 1 fully saturated rings. The minimum Gasteiger partial charge on any atom is -0.374 e. The topological polar surface area (TPSA) is 63.8 Å². The molecule has 1 aliphatic carbocycles. The summed E-state index contributed by atoms with van der Waals surface area (Å²) in [5.74, 6) is 0. The van der Waals surface area contributed by atoms with Crippen LogP contribution in [0.1, 0.15) is 17.8 Å². The molecule has 0 amide bonds. The van der Waals surface area contributed by atoms with Crippen molar-refractivity contribution in [2.24, 2.45) is 0 Å². The molecule has 0 spiro atoms. The van der Waals surface area contributed by atoms with Crippen molar-refractivity contribution in [3.8, 4) is 0 Å². The molecule has 3 N–H and O–H groups in total. The predicted octanol–water partition coefficient (Wildman–Crippen LogP) is 0.415. The minimum atomic E-state index is 0.566. The average molecular weight is 184 g/mol. The second-order valence-corrected chi connectivity index (χ2v) is 4.11. The van der Waals surface area contributed by atoms with E-state index in [-0.39, 0.29) is 0 Å². The van der Waals surface area contributed by atoms with E-state index in [9.17, 15) is 0 Å². The van der Waals surface area contributed by atoms with Gasteiger partial charge in [0, 0.05) is 19.0 Å². The minimum absolute atomic E-state index is 0.566. The molecule has 0 unspecified atom stereocenters. The molecular formula is C7H12N4S. The highest BCUT2D eigenvalue weighted by molar-refractivity contribution is 7.15. The summed E-state index contributed by atoms with van der Waals surface area (Å²) < 4.78 is 0. The van der Waals surface area contributed by atoms with Gasteiger partial charge in [0.15, 0.2) is 0 Å². The van der Waals surface area contributed by atoms with Gasteiger partial charge in [-0.3, -0.25) is 0 Å². The Hall–Kier alpha value is -0.680. The SMILES string of the molecule is Nc1nnc(CCNC2CC2)s1. The van der Waals surface area contributed by atoms with Crippen molar-refractivity contribution >= 4 is 16.5 Å². The van der Waals surface area contributed by atoms with Crippen LogP contribution in [0.25, 0.3) is 0 Å². The number of nitrogens with zero attached hydrogens (tertiary/aromatic N) is 2. The molecule has 66 valence electrons. The largest absolute Gasteiger partial charge is 0.374 e. The van der Waals surface area contributed by atoms with Crippen LogP contribution in [0, 0.1) is 0 Å². The third-order valence-electron chi connectivity index (χ3n) is 1.83. The fourth-order valence-corrected chi connectivity index (χ4v) is 1.65. The summed E-state index contributed by atoms with van der Waals surface area (Å²) in [6.45, 7) is 0.999. The summed E-state index contributed by atoms with van der Waals surface area (Å²) in [4.78, 5) is 0. The number of nitrogens with two attached hydrogens (primary N) is 1. The molecule has 1 heterocycles. The third kappa shape index (κ3) is 2.15. The number of hydrogen-bond donors (Lipinski definition) is 2. The molecule has 0 aliphatic heterocycles. The summed E-state index contributed by atoms with van der Waals surface area (Å²) >= 11 is 1.48. The van der Waals surface area contributed by atoms with E-state index in [1.807, 2.05) is 0 Å². The monoisotopic (exact) mass is 184 g/mol. The Bertz CT molecular complexity index is 256. The van der Waals surface area contributed by atoms with Crippen LogP contribution in [0.5, 0.6) is 0 Å². The second kappa shape index (κ2) is 3.37. The molecule has 2 rings (SSSR count). The number of rotatable bonds is 4. The van der Waals surface area contributed by atoms with E-state index >= 15 is 0 Å². The van der Waals surface area contributed by atoms with Gasteiger partial charge in [-0.15, -0.1) is 10.2 Å². The Labute approximate surface area is 75.2 Å². The van der Waals surface area contributed by atoms with Gasteiger partial charge in [0.1, 0.15) is 5.01 Å². The van der Waals surface area contributed by atoms with Gasteiger partial charge in [-0.1, -0.05) is 11.3 Å². The van der Waals surface area contributed by atoms with E-state index in [0.717, 1.165) is 24.0 Å². The van der Waals surface area contributed by atoms with E-state index in [1.165, 1.54) is 24.2 Å². The lowest BCUT2D eigenvalue weighted by Gasteiger charge is -1.97. The molecule has 12 heavy (non-hydrogen) atoms. The molecule has 5 heteroatoms. The van der Waals surface area contributed by atoms with Crippen LogP contribution in [0.3, 0.4) is 0 Å². The number of hydrogen-bond acceptors (Lipinski definition) is 5. The molecular weight excluding hydrogens is 172 g/mol. The molecule has 1 saturated carbocycles. The standard InChI is InChI=1S/C7H12N4S/c8-7-11-10-6(12-7)3-4-9-5-1-2-5/h5,9H,1-4H2,(H2,8,11). The summed E-state index contributed by atoms with van der Waals surface area (Å²) in [6.07, 6.45) is 3.61. The van der Waals surface area contributed by atoms with Gasteiger partial charge in [-0.2, -0.15) is 0 Å². The lowest BCUT2D eigenvalue weighted by molar-refractivity contribution is 0.677. The maximum Gasteiger partial charge on any atom is 0.203 e. The zero-order valence-electron chi connectivity index (χ0n) is 6.79. The first-order valence-electron chi connectivity index (χ1n) is 4.16. The van der Waals surface area contributed by atoms with Gasteiger partial charge >= 0.3 is 0 Å². The first-order valence-corrected chi connectivity index (χ1v) is 4.97. The van der Waals surface area contributed by atoms with Gasteiger partial charge in [0.05, 0.1) is 0 Å².